The molecule has 0 aliphatic heterocycles. The minimum absolute atomic E-state index is 0.100. The van der Waals surface area contributed by atoms with Gasteiger partial charge in [-0.25, -0.2) is 4.79 Å². The zero-order valence-electron chi connectivity index (χ0n) is 10.6. The second kappa shape index (κ2) is 6.16. The van der Waals surface area contributed by atoms with Crippen LogP contribution < -0.4 is 9.47 Å². The topological polar surface area (TPSA) is 78.7 Å². The van der Waals surface area contributed by atoms with E-state index >= 15 is 0 Å². The largest absolute Gasteiger partial charge is 0.494 e. The number of nitro benzene ring substituents is 1. The fraction of sp³-hybridized carbons (Fsp3) is 0.154. The van der Waals surface area contributed by atoms with Gasteiger partial charge in [-0.1, -0.05) is 6.07 Å². The Morgan fingerprint density at radius 2 is 2.20 bits per heavy atom. The van der Waals surface area contributed by atoms with Crippen LogP contribution in [0.25, 0.3) is 0 Å². The summed E-state index contributed by atoms with van der Waals surface area (Å²) in [5.74, 6) is -0.362. The zero-order valence-corrected chi connectivity index (χ0v) is 11.4. The number of rotatable bonds is 5. The molecular formula is C13H11NO5S. The van der Waals surface area contributed by atoms with Crippen LogP contribution in [-0.4, -0.2) is 17.5 Å². The fourth-order valence-corrected chi connectivity index (χ4v) is 2.13. The molecule has 0 bridgehead atoms. The monoisotopic (exact) mass is 293 g/mol. The molecule has 0 aliphatic carbocycles. The first-order chi connectivity index (χ1) is 9.61. The molecular weight excluding hydrogens is 282 g/mol. The van der Waals surface area contributed by atoms with E-state index in [9.17, 15) is 14.9 Å². The number of benzene rings is 1. The number of nitro groups is 1. The molecule has 0 fully saturated rings. The average molecular weight is 293 g/mol. The minimum Gasteiger partial charge on any atom is -0.494 e. The van der Waals surface area contributed by atoms with Gasteiger partial charge in [0.05, 0.1) is 17.6 Å². The Morgan fingerprint density at radius 3 is 2.80 bits per heavy atom. The van der Waals surface area contributed by atoms with Crippen LogP contribution in [0, 0.1) is 10.1 Å². The minimum atomic E-state index is -0.618. The number of thiophene rings is 1. The van der Waals surface area contributed by atoms with Gasteiger partial charge in [-0.2, -0.15) is 0 Å². The number of esters is 1. The third-order valence-electron chi connectivity index (χ3n) is 2.36. The highest BCUT2D eigenvalue weighted by atomic mass is 32.1. The Labute approximate surface area is 118 Å². The summed E-state index contributed by atoms with van der Waals surface area (Å²) in [6.45, 7) is 2.17. The van der Waals surface area contributed by atoms with Gasteiger partial charge in [0.15, 0.2) is 0 Å². The predicted octanol–water partition coefficient (Wildman–Crippen LogP) is 3.27. The average Bonchev–Trinajstić information content (AvgIpc) is 2.94. The third kappa shape index (κ3) is 3.12. The quantitative estimate of drug-likeness (QED) is 0.366. The van der Waals surface area contributed by atoms with Crippen LogP contribution in [0.2, 0.25) is 0 Å². The van der Waals surface area contributed by atoms with Crippen LogP contribution in [0.1, 0.15) is 16.6 Å². The van der Waals surface area contributed by atoms with Gasteiger partial charge in [0.1, 0.15) is 10.6 Å². The zero-order chi connectivity index (χ0) is 14.5. The van der Waals surface area contributed by atoms with Crippen molar-refractivity contribution in [1.29, 1.82) is 0 Å². The summed E-state index contributed by atoms with van der Waals surface area (Å²) < 4.78 is 10.2. The van der Waals surface area contributed by atoms with Crippen LogP contribution in [0.4, 0.5) is 5.69 Å². The molecule has 6 nitrogen and oxygen atoms in total. The number of carbonyl (C=O) groups excluding carboxylic acids is 1. The van der Waals surface area contributed by atoms with Gasteiger partial charge < -0.3 is 9.47 Å². The van der Waals surface area contributed by atoms with Crippen molar-refractivity contribution in [3.63, 3.8) is 0 Å². The maximum Gasteiger partial charge on any atom is 0.353 e. The molecule has 2 rings (SSSR count). The third-order valence-corrected chi connectivity index (χ3v) is 3.21. The van der Waals surface area contributed by atoms with Crippen molar-refractivity contribution in [1.82, 2.24) is 0 Å². The van der Waals surface area contributed by atoms with Crippen LogP contribution in [-0.2, 0) is 0 Å². The van der Waals surface area contributed by atoms with Crippen LogP contribution in [0.3, 0.4) is 0 Å². The van der Waals surface area contributed by atoms with E-state index in [1.165, 1.54) is 29.5 Å². The van der Waals surface area contributed by atoms with Gasteiger partial charge in [-0.3, -0.25) is 10.1 Å². The summed E-state index contributed by atoms with van der Waals surface area (Å²) >= 11 is 1.21. The number of carbonyl (C=O) groups is 1. The Morgan fingerprint density at radius 1 is 1.40 bits per heavy atom. The summed E-state index contributed by atoms with van der Waals surface area (Å²) in [5, 5.41) is 12.7. The van der Waals surface area contributed by atoms with Crippen LogP contribution in [0.5, 0.6) is 11.5 Å². The maximum absolute atomic E-state index is 11.8. The van der Waals surface area contributed by atoms with E-state index in [0.29, 0.717) is 17.2 Å². The predicted molar refractivity (Wildman–Crippen MR) is 73.5 cm³/mol. The van der Waals surface area contributed by atoms with Crippen LogP contribution in [0.15, 0.2) is 35.7 Å². The SMILES string of the molecule is CCOc1ccc(OC(=O)c2cccs2)c([N+](=O)[O-])c1. The van der Waals surface area contributed by atoms with Gasteiger partial charge in [0, 0.05) is 0 Å². The van der Waals surface area contributed by atoms with Crippen molar-refractivity contribution in [2.75, 3.05) is 6.61 Å². The lowest BCUT2D eigenvalue weighted by Gasteiger charge is -2.06. The first-order valence-electron chi connectivity index (χ1n) is 5.78. The van der Waals surface area contributed by atoms with Gasteiger partial charge in [0.25, 0.3) is 0 Å². The first kappa shape index (κ1) is 14.0. The van der Waals surface area contributed by atoms with Gasteiger partial charge >= 0.3 is 11.7 Å². The van der Waals surface area contributed by atoms with Crippen LogP contribution >= 0.6 is 11.3 Å². The van der Waals surface area contributed by atoms with E-state index in [1.807, 2.05) is 0 Å². The van der Waals surface area contributed by atoms with Crippen molar-refractivity contribution in [2.24, 2.45) is 0 Å². The molecule has 0 radical (unpaired) electrons. The van der Waals surface area contributed by atoms with Crippen molar-refractivity contribution in [2.45, 2.75) is 6.92 Å². The summed E-state index contributed by atoms with van der Waals surface area (Å²) in [6, 6.07) is 7.41. The lowest BCUT2D eigenvalue weighted by Crippen LogP contribution is -2.08. The molecule has 0 spiro atoms. The summed E-state index contributed by atoms with van der Waals surface area (Å²) in [4.78, 5) is 22.6. The highest BCUT2D eigenvalue weighted by molar-refractivity contribution is 7.12. The molecule has 1 aromatic heterocycles. The Balaban J connectivity index is 2.27. The van der Waals surface area contributed by atoms with Crippen molar-refractivity contribution in [3.05, 3.63) is 50.7 Å². The molecule has 0 unspecified atom stereocenters. The smallest absolute Gasteiger partial charge is 0.353 e. The number of hydrogen-bond acceptors (Lipinski definition) is 6. The van der Waals surface area contributed by atoms with Gasteiger partial charge in [-0.05, 0) is 30.5 Å². The van der Waals surface area contributed by atoms with E-state index in [1.54, 1.807) is 24.4 Å². The fourth-order valence-electron chi connectivity index (χ4n) is 1.53. The molecule has 1 aromatic carbocycles. The van der Waals surface area contributed by atoms with E-state index in [4.69, 9.17) is 9.47 Å². The molecule has 2 aromatic rings. The standard InChI is InChI=1S/C13H11NO5S/c1-2-18-9-5-6-11(10(8-9)14(16)17)19-13(15)12-4-3-7-20-12/h3-8H,2H2,1H3. The molecule has 104 valence electrons. The van der Waals surface area contributed by atoms with E-state index in [-0.39, 0.29) is 11.4 Å². The number of nitrogens with zero attached hydrogens (tertiary/aromatic N) is 1. The molecule has 0 aliphatic rings. The molecule has 7 heteroatoms. The normalized spacial score (nSPS) is 10.1. The summed E-state index contributed by atoms with van der Waals surface area (Å²) in [5.41, 5.74) is -0.305. The Bertz CT molecular complexity index is 624. The van der Waals surface area contributed by atoms with Crippen molar-refractivity contribution < 1.29 is 19.2 Å². The maximum atomic E-state index is 11.8. The molecule has 0 N–H and O–H groups in total. The highest BCUT2D eigenvalue weighted by Gasteiger charge is 2.20. The van der Waals surface area contributed by atoms with Crippen molar-refractivity contribution >= 4 is 23.0 Å². The van der Waals surface area contributed by atoms with Gasteiger partial charge in [0.2, 0.25) is 5.75 Å². The lowest BCUT2D eigenvalue weighted by atomic mass is 10.3. The Kier molecular flexibility index (Phi) is 4.31. The molecule has 20 heavy (non-hydrogen) atoms. The molecule has 0 amide bonds. The molecule has 0 saturated heterocycles. The second-order valence-corrected chi connectivity index (χ2v) is 4.63. The summed E-state index contributed by atoms with van der Waals surface area (Å²) in [7, 11) is 0. The van der Waals surface area contributed by atoms with Gasteiger partial charge in [-0.15, -0.1) is 11.3 Å². The first-order valence-corrected chi connectivity index (χ1v) is 6.66. The second-order valence-electron chi connectivity index (χ2n) is 3.69. The number of hydrogen-bond donors (Lipinski definition) is 0. The lowest BCUT2D eigenvalue weighted by molar-refractivity contribution is -0.385. The molecule has 1 heterocycles. The van der Waals surface area contributed by atoms with E-state index in [0.717, 1.165) is 0 Å². The molecule has 0 atom stereocenters. The highest BCUT2D eigenvalue weighted by Crippen LogP contribution is 2.32. The summed E-state index contributed by atoms with van der Waals surface area (Å²) in [6.07, 6.45) is 0. The molecule has 0 saturated carbocycles. The Hall–Kier alpha value is -2.41. The van der Waals surface area contributed by atoms with Crippen molar-refractivity contribution in [3.8, 4) is 11.5 Å². The van der Waals surface area contributed by atoms with E-state index in [2.05, 4.69) is 0 Å². The van der Waals surface area contributed by atoms with E-state index < -0.39 is 10.9 Å². The number of ether oxygens (including phenoxy) is 2.